The Hall–Kier alpha value is -2.98. The number of benzene rings is 1. The monoisotopic (exact) mass is 456 g/mol. The van der Waals surface area contributed by atoms with E-state index in [1.807, 2.05) is 38.3 Å². The molecule has 170 valence electrons. The van der Waals surface area contributed by atoms with Gasteiger partial charge in [0.15, 0.2) is 0 Å². The maximum atomic E-state index is 13.2. The maximum Gasteiger partial charge on any atom is 0.243 e. The highest BCUT2D eigenvalue weighted by Crippen LogP contribution is 2.26. The summed E-state index contributed by atoms with van der Waals surface area (Å²) in [6.07, 6.45) is 3.28. The molecule has 0 unspecified atom stereocenters. The number of sulfonamides is 1. The molecule has 0 aliphatic carbocycles. The first-order chi connectivity index (χ1) is 15.3. The number of hydrogen-bond donors (Lipinski definition) is 0. The lowest BCUT2D eigenvalue weighted by Gasteiger charge is -2.34. The normalized spacial score (nSPS) is 15.2. The second kappa shape index (κ2) is 8.87. The highest BCUT2D eigenvalue weighted by molar-refractivity contribution is 7.89. The lowest BCUT2D eigenvalue weighted by molar-refractivity contribution is 0.337. The van der Waals surface area contributed by atoms with Gasteiger partial charge >= 0.3 is 0 Å². The molecule has 3 aromatic rings. The van der Waals surface area contributed by atoms with Gasteiger partial charge in [0.25, 0.3) is 0 Å². The van der Waals surface area contributed by atoms with E-state index in [9.17, 15) is 8.42 Å². The zero-order valence-electron chi connectivity index (χ0n) is 18.8. The number of aryl methyl sites for hydroxylation is 2. The summed E-state index contributed by atoms with van der Waals surface area (Å²) in [5.74, 6) is 2.22. The van der Waals surface area contributed by atoms with Crippen LogP contribution in [0, 0.1) is 20.8 Å². The minimum atomic E-state index is -3.57. The minimum absolute atomic E-state index is 0.294. The lowest BCUT2D eigenvalue weighted by atomic mass is 10.2. The molecule has 0 amide bonds. The van der Waals surface area contributed by atoms with Crippen LogP contribution in [0.1, 0.15) is 23.9 Å². The zero-order valence-corrected chi connectivity index (χ0v) is 19.6. The van der Waals surface area contributed by atoms with Crippen molar-refractivity contribution < 1.29 is 13.2 Å². The van der Waals surface area contributed by atoms with E-state index in [-0.39, 0.29) is 0 Å². The first-order valence-corrected chi connectivity index (χ1v) is 12.1. The van der Waals surface area contributed by atoms with Crippen LogP contribution in [0.15, 0.2) is 41.8 Å². The van der Waals surface area contributed by atoms with Crippen molar-refractivity contribution in [3.8, 4) is 11.6 Å². The molecule has 3 heterocycles. The van der Waals surface area contributed by atoms with Gasteiger partial charge in [-0.15, -0.1) is 0 Å². The molecule has 0 spiro atoms. The Morgan fingerprint density at radius 1 is 0.969 bits per heavy atom. The van der Waals surface area contributed by atoms with Gasteiger partial charge in [0.05, 0.1) is 17.2 Å². The van der Waals surface area contributed by atoms with E-state index in [4.69, 9.17) is 4.74 Å². The van der Waals surface area contributed by atoms with E-state index in [0.717, 1.165) is 28.6 Å². The highest BCUT2D eigenvalue weighted by atomic mass is 32.2. The average Bonchev–Trinajstić information content (AvgIpc) is 3.13. The number of ether oxygens (including phenoxy) is 1. The van der Waals surface area contributed by atoms with Crippen molar-refractivity contribution in [3.05, 3.63) is 53.9 Å². The molecule has 1 saturated heterocycles. The third kappa shape index (κ3) is 4.20. The summed E-state index contributed by atoms with van der Waals surface area (Å²) >= 11 is 0. The van der Waals surface area contributed by atoms with Crippen LogP contribution in [0.25, 0.3) is 5.82 Å². The largest absolute Gasteiger partial charge is 0.494 e. The molecule has 4 rings (SSSR count). The van der Waals surface area contributed by atoms with Crippen molar-refractivity contribution in [1.29, 1.82) is 0 Å². The lowest BCUT2D eigenvalue weighted by Crippen LogP contribution is -2.49. The first-order valence-electron chi connectivity index (χ1n) is 10.6. The van der Waals surface area contributed by atoms with Crippen LogP contribution >= 0.6 is 0 Å². The van der Waals surface area contributed by atoms with Crippen LogP contribution in [0.3, 0.4) is 0 Å². The SMILES string of the molecule is CCOc1ccc(S(=O)(=O)N2CCN(c3cc(-n4cnc(C)c4C)ncn3)CC2)cc1C. The summed E-state index contributed by atoms with van der Waals surface area (Å²) in [6, 6.07) is 6.93. The maximum absolute atomic E-state index is 13.2. The van der Waals surface area contributed by atoms with Crippen molar-refractivity contribution in [2.45, 2.75) is 32.6 Å². The molecule has 0 radical (unpaired) electrons. The Bertz CT molecular complexity index is 1220. The number of hydrogen-bond acceptors (Lipinski definition) is 7. The fourth-order valence-corrected chi connectivity index (χ4v) is 5.29. The second-order valence-electron chi connectivity index (χ2n) is 7.77. The number of anilines is 1. The molecule has 32 heavy (non-hydrogen) atoms. The number of aromatic nitrogens is 4. The van der Waals surface area contributed by atoms with Gasteiger partial charge in [-0.3, -0.25) is 4.57 Å². The van der Waals surface area contributed by atoms with Crippen LogP contribution in [0.2, 0.25) is 0 Å². The smallest absolute Gasteiger partial charge is 0.243 e. The van der Waals surface area contributed by atoms with Crippen LogP contribution in [-0.2, 0) is 10.0 Å². The second-order valence-corrected chi connectivity index (χ2v) is 9.71. The van der Waals surface area contributed by atoms with Gasteiger partial charge in [-0.05, 0) is 51.5 Å². The quantitative estimate of drug-likeness (QED) is 0.563. The van der Waals surface area contributed by atoms with Crippen molar-refractivity contribution in [2.24, 2.45) is 0 Å². The standard InChI is InChI=1S/C22H28N6O3S/c1-5-31-20-7-6-19(12-16(20)2)32(29,30)27-10-8-26(9-11-27)21-13-22(24-14-23-21)28-15-25-17(3)18(28)4/h6-7,12-15H,5,8-11H2,1-4H3. The van der Waals surface area contributed by atoms with Crippen LogP contribution in [0.5, 0.6) is 5.75 Å². The third-order valence-corrected chi connectivity index (χ3v) is 7.68. The molecular formula is C22H28N6O3S. The molecule has 0 N–H and O–H groups in total. The number of nitrogens with zero attached hydrogens (tertiary/aromatic N) is 6. The minimum Gasteiger partial charge on any atom is -0.494 e. The third-order valence-electron chi connectivity index (χ3n) is 5.78. The summed E-state index contributed by atoms with van der Waals surface area (Å²) in [7, 11) is -3.57. The molecule has 1 fully saturated rings. The van der Waals surface area contributed by atoms with Crippen molar-refractivity contribution in [2.75, 3.05) is 37.7 Å². The molecule has 0 saturated carbocycles. The molecule has 0 atom stereocenters. The van der Waals surface area contributed by atoms with Gasteiger partial charge in [-0.2, -0.15) is 4.31 Å². The van der Waals surface area contributed by atoms with Gasteiger partial charge < -0.3 is 9.64 Å². The van der Waals surface area contributed by atoms with Crippen LogP contribution < -0.4 is 9.64 Å². The van der Waals surface area contributed by atoms with Gasteiger partial charge in [0.1, 0.15) is 30.0 Å². The van der Waals surface area contributed by atoms with Gasteiger partial charge in [0.2, 0.25) is 10.0 Å². The topological polar surface area (TPSA) is 93.5 Å². The molecule has 1 aliphatic rings. The van der Waals surface area contributed by atoms with Gasteiger partial charge in [-0.1, -0.05) is 0 Å². The van der Waals surface area contributed by atoms with E-state index in [2.05, 4.69) is 19.9 Å². The molecule has 2 aromatic heterocycles. The Labute approximate surface area is 188 Å². The molecule has 0 bridgehead atoms. The van der Waals surface area contributed by atoms with Gasteiger partial charge in [0, 0.05) is 37.9 Å². The van der Waals surface area contributed by atoms with Gasteiger partial charge in [-0.25, -0.2) is 23.4 Å². The van der Waals surface area contributed by atoms with Crippen LogP contribution in [-0.4, -0.2) is 65.0 Å². The fourth-order valence-electron chi connectivity index (χ4n) is 3.78. The summed E-state index contributed by atoms with van der Waals surface area (Å²) in [6.45, 7) is 10.1. The molecule has 1 aromatic carbocycles. The van der Waals surface area contributed by atoms with E-state index in [0.29, 0.717) is 43.4 Å². The summed E-state index contributed by atoms with van der Waals surface area (Å²) < 4.78 is 35.3. The van der Waals surface area contributed by atoms with Crippen molar-refractivity contribution >= 4 is 15.8 Å². The summed E-state index contributed by atoms with van der Waals surface area (Å²) in [4.78, 5) is 15.5. The fraction of sp³-hybridized carbons (Fsp3) is 0.409. The molecular weight excluding hydrogens is 428 g/mol. The number of rotatable bonds is 6. The summed E-state index contributed by atoms with van der Waals surface area (Å²) in [5.41, 5.74) is 2.79. The Morgan fingerprint density at radius 3 is 2.31 bits per heavy atom. The molecule has 9 nitrogen and oxygen atoms in total. The van der Waals surface area contributed by atoms with Crippen LogP contribution in [0.4, 0.5) is 5.82 Å². The van der Waals surface area contributed by atoms with E-state index in [1.54, 1.807) is 24.5 Å². The van der Waals surface area contributed by atoms with E-state index < -0.39 is 10.0 Å². The van der Waals surface area contributed by atoms with E-state index in [1.165, 1.54) is 10.6 Å². The highest BCUT2D eigenvalue weighted by Gasteiger charge is 2.29. The van der Waals surface area contributed by atoms with Crippen molar-refractivity contribution in [3.63, 3.8) is 0 Å². The predicted molar refractivity (Wildman–Crippen MR) is 122 cm³/mol. The Kier molecular flexibility index (Phi) is 6.16. The molecule has 1 aliphatic heterocycles. The Balaban J connectivity index is 1.48. The number of piperazine rings is 1. The van der Waals surface area contributed by atoms with Crippen molar-refractivity contribution in [1.82, 2.24) is 23.8 Å². The Morgan fingerprint density at radius 2 is 1.69 bits per heavy atom. The number of imidazole rings is 1. The first kappa shape index (κ1) is 22.2. The predicted octanol–water partition coefficient (Wildman–Crippen LogP) is 2.50. The average molecular weight is 457 g/mol. The summed E-state index contributed by atoms with van der Waals surface area (Å²) in [5, 5.41) is 0. The molecule has 10 heteroatoms. The van der Waals surface area contributed by atoms with E-state index >= 15 is 0 Å². The zero-order chi connectivity index (χ0) is 22.9.